The second kappa shape index (κ2) is 9.30. The predicted molar refractivity (Wildman–Crippen MR) is 108 cm³/mol. The minimum Gasteiger partial charge on any atom is -0.461 e. The summed E-state index contributed by atoms with van der Waals surface area (Å²) in [4.78, 5) is 8.69. The zero-order valence-corrected chi connectivity index (χ0v) is 16.9. The van der Waals surface area contributed by atoms with Gasteiger partial charge < -0.3 is 15.1 Å². The van der Waals surface area contributed by atoms with Gasteiger partial charge in [-0.1, -0.05) is 0 Å². The van der Waals surface area contributed by atoms with Crippen molar-refractivity contribution in [3.8, 4) is 11.6 Å². The first-order valence-corrected chi connectivity index (χ1v) is 9.02. The largest absolute Gasteiger partial charge is 0.461 e. The monoisotopic (exact) mass is 462 g/mol. The molecule has 24 heavy (non-hydrogen) atoms. The number of nitrogens with one attached hydrogen (secondary N) is 3. The number of aromatic nitrogens is 3. The highest BCUT2D eigenvalue weighted by Crippen LogP contribution is 2.28. The van der Waals surface area contributed by atoms with Crippen molar-refractivity contribution in [2.45, 2.75) is 37.1 Å². The second-order valence-corrected chi connectivity index (χ2v) is 6.66. The molecule has 0 bridgehead atoms. The predicted octanol–water partition coefficient (Wildman–Crippen LogP) is 2.63. The molecule has 0 amide bonds. The first-order valence-electron chi connectivity index (χ1n) is 7.73. The van der Waals surface area contributed by atoms with Gasteiger partial charge in [0.1, 0.15) is 5.82 Å². The van der Waals surface area contributed by atoms with Gasteiger partial charge in [0.05, 0.1) is 12.8 Å². The van der Waals surface area contributed by atoms with E-state index in [4.69, 9.17) is 4.42 Å². The van der Waals surface area contributed by atoms with Gasteiger partial charge in [0.15, 0.2) is 11.7 Å². The molecule has 2 aromatic heterocycles. The molecule has 0 saturated heterocycles. The highest BCUT2D eigenvalue weighted by atomic mass is 127. The van der Waals surface area contributed by atoms with Crippen LogP contribution in [-0.4, -0.2) is 45.7 Å². The molecule has 1 aliphatic carbocycles. The van der Waals surface area contributed by atoms with Crippen molar-refractivity contribution in [3.05, 3.63) is 24.2 Å². The van der Waals surface area contributed by atoms with Crippen LogP contribution >= 0.6 is 35.7 Å². The third kappa shape index (κ3) is 4.88. The van der Waals surface area contributed by atoms with E-state index >= 15 is 0 Å². The molecule has 1 aliphatic rings. The third-order valence-electron chi connectivity index (χ3n) is 3.98. The number of hydrogen-bond donors (Lipinski definition) is 3. The molecule has 0 spiro atoms. The first-order chi connectivity index (χ1) is 11.3. The van der Waals surface area contributed by atoms with Gasteiger partial charge in [0.2, 0.25) is 5.82 Å². The molecular formula is C15H23IN6OS. The van der Waals surface area contributed by atoms with Crippen LogP contribution in [0.1, 0.15) is 25.1 Å². The Labute approximate surface area is 162 Å². The van der Waals surface area contributed by atoms with Crippen molar-refractivity contribution < 1.29 is 4.42 Å². The van der Waals surface area contributed by atoms with E-state index in [-0.39, 0.29) is 24.0 Å². The molecule has 0 radical (unpaired) electrons. The average molecular weight is 462 g/mol. The summed E-state index contributed by atoms with van der Waals surface area (Å²) >= 11 is 1.95. The van der Waals surface area contributed by atoms with Crippen LogP contribution in [0.25, 0.3) is 11.6 Å². The lowest BCUT2D eigenvalue weighted by Crippen LogP contribution is -2.42. The van der Waals surface area contributed by atoms with Crippen LogP contribution < -0.4 is 10.6 Å². The minimum absolute atomic E-state index is 0. The molecule has 2 unspecified atom stereocenters. The molecule has 2 heterocycles. The van der Waals surface area contributed by atoms with Crippen molar-refractivity contribution in [1.29, 1.82) is 0 Å². The third-order valence-corrected chi connectivity index (χ3v) is 5.07. The molecule has 3 rings (SSSR count). The lowest BCUT2D eigenvalue weighted by atomic mass is 10.2. The Morgan fingerprint density at radius 1 is 1.50 bits per heavy atom. The first kappa shape index (κ1) is 19.1. The van der Waals surface area contributed by atoms with Crippen LogP contribution in [0.2, 0.25) is 0 Å². The fraction of sp³-hybridized carbons (Fsp3) is 0.533. The zero-order chi connectivity index (χ0) is 16.1. The number of hydrogen-bond acceptors (Lipinski definition) is 5. The van der Waals surface area contributed by atoms with Gasteiger partial charge in [-0.3, -0.25) is 10.1 Å². The summed E-state index contributed by atoms with van der Waals surface area (Å²) in [7, 11) is 1.78. The maximum Gasteiger partial charge on any atom is 0.216 e. The Bertz CT molecular complexity index is 644. The molecule has 0 aliphatic heterocycles. The van der Waals surface area contributed by atoms with Gasteiger partial charge in [0, 0.05) is 18.3 Å². The fourth-order valence-electron chi connectivity index (χ4n) is 2.73. The van der Waals surface area contributed by atoms with E-state index in [1.54, 1.807) is 13.3 Å². The highest BCUT2D eigenvalue weighted by Gasteiger charge is 2.24. The molecule has 2 atom stereocenters. The van der Waals surface area contributed by atoms with Crippen LogP contribution in [0, 0.1) is 0 Å². The van der Waals surface area contributed by atoms with Gasteiger partial charge in [-0.05, 0) is 37.7 Å². The van der Waals surface area contributed by atoms with Crippen LogP contribution in [-0.2, 0) is 6.54 Å². The lowest BCUT2D eigenvalue weighted by molar-refractivity contribution is 0.577. The molecule has 1 fully saturated rings. The van der Waals surface area contributed by atoms with Gasteiger partial charge in [-0.25, -0.2) is 4.98 Å². The smallest absolute Gasteiger partial charge is 0.216 e. The van der Waals surface area contributed by atoms with Gasteiger partial charge in [0.25, 0.3) is 0 Å². The van der Waals surface area contributed by atoms with Crippen LogP contribution in [0.15, 0.2) is 27.8 Å². The van der Waals surface area contributed by atoms with Crippen molar-refractivity contribution in [2.24, 2.45) is 4.99 Å². The number of guanidine groups is 1. The SMILES string of the molecule is CN=C(NCc1nc(-c2ccco2)n[nH]1)NC1CCC(SC)C1.I. The van der Waals surface area contributed by atoms with E-state index in [2.05, 4.69) is 37.1 Å². The highest BCUT2D eigenvalue weighted by molar-refractivity contribution is 14.0. The Balaban J connectivity index is 0.00000208. The molecule has 132 valence electrons. The summed E-state index contributed by atoms with van der Waals surface area (Å²) in [6.45, 7) is 0.534. The summed E-state index contributed by atoms with van der Waals surface area (Å²) in [6, 6.07) is 4.15. The van der Waals surface area contributed by atoms with E-state index in [0.717, 1.165) is 17.0 Å². The summed E-state index contributed by atoms with van der Waals surface area (Å²) in [5.74, 6) is 2.76. The average Bonchev–Trinajstić information content (AvgIpc) is 3.31. The molecule has 2 aromatic rings. The van der Waals surface area contributed by atoms with E-state index in [1.165, 1.54) is 19.3 Å². The van der Waals surface area contributed by atoms with Gasteiger partial charge in [-0.2, -0.15) is 11.8 Å². The summed E-state index contributed by atoms with van der Waals surface area (Å²) in [5.41, 5.74) is 0. The second-order valence-electron chi connectivity index (χ2n) is 5.52. The maximum absolute atomic E-state index is 5.29. The van der Waals surface area contributed by atoms with E-state index < -0.39 is 0 Å². The van der Waals surface area contributed by atoms with Crippen LogP contribution in [0.3, 0.4) is 0 Å². The number of aliphatic imine (C=N–C) groups is 1. The topological polar surface area (TPSA) is 91.1 Å². The summed E-state index contributed by atoms with van der Waals surface area (Å²) in [5, 5.41) is 14.6. The van der Waals surface area contributed by atoms with E-state index in [9.17, 15) is 0 Å². The molecule has 0 aromatic carbocycles. The number of rotatable bonds is 5. The van der Waals surface area contributed by atoms with Crippen molar-refractivity contribution in [2.75, 3.05) is 13.3 Å². The number of nitrogens with zero attached hydrogens (tertiary/aromatic N) is 3. The number of aromatic amines is 1. The Kier molecular flexibility index (Phi) is 7.40. The lowest BCUT2D eigenvalue weighted by Gasteiger charge is -2.16. The number of furan rings is 1. The molecule has 7 nitrogen and oxygen atoms in total. The molecule has 9 heteroatoms. The van der Waals surface area contributed by atoms with Gasteiger partial charge in [-0.15, -0.1) is 29.1 Å². The summed E-state index contributed by atoms with van der Waals surface area (Å²) < 4.78 is 5.29. The Morgan fingerprint density at radius 2 is 2.38 bits per heavy atom. The minimum atomic E-state index is 0. The van der Waals surface area contributed by atoms with E-state index in [0.29, 0.717) is 24.2 Å². The number of halogens is 1. The quantitative estimate of drug-likeness (QED) is 0.360. The van der Waals surface area contributed by atoms with Crippen molar-refractivity contribution in [1.82, 2.24) is 25.8 Å². The standard InChI is InChI=1S/C15H22N6OS.HI/c1-16-15(18-10-5-6-11(8-10)23-2)17-9-13-19-14(21-20-13)12-4-3-7-22-12;/h3-4,7,10-11H,5-6,8-9H2,1-2H3,(H2,16,17,18)(H,19,20,21);1H. The van der Waals surface area contributed by atoms with Crippen molar-refractivity contribution >= 4 is 41.7 Å². The Hall–Kier alpha value is -1.23. The number of thioether (sulfide) groups is 1. The Morgan fingerprint density at radius 3 is 3.04 bits per heavy atom. The zero-order valence-electron chi connectivity index (χ0n) is 13.8. The number of H-pyrrole nitrogens is 1. The van der Waals surface area contributed by atoms with Crippen LogP contribution in [0.5, 0.6) is 0 Å². The maximum atomic E-state index is 5.29. The summed E-state index contributed by atoms with van der Waals surface area (Å²) in [6.07, 6.45) is 7.44. The van der Waals surface area contributed by atoms with Crippen molar-refractivity contribution in [3.63, 3.8) is 0 Å². The fourth-order valence-corrected chi connectivity index (χ4v) is 3.53. The normalized spacial score (nSPS) is 20.7. The molecular weight excluding hydrogens is 439 g/mol. The van der Waals surface area contributed by atoms with Crippen LogP contribution in [0.4, 0.5) is 0 Å². The molecule has 3 N–H and O–H groups in total. The van der Waals surface area contributed by atoms with E-state index in [1.807, 2.05) is 23.9 Å². The molecule has 1 saturated carbocycles. The van der Waals surface area contributed by atoms with Gasteiger partial charge >= 0.3 is 0 Å².